The molecule has 0 fully saturated rings. The van der Waals surface area contributed by atoms with Crippen LogP contribution >= 0.6 is 23.4 Å². The smallest absolute Gasteiger partial charge is 0.256 e. The summed E-state index contributed by atoms with van der Waals surface area (Å²) in [4.78, 5) is 21.6. The largest absolute Gasteiger partial charge is 0.321 e. The van der Waals surface area contributed by atoms with E-state index in [0.29, 0.717) is 27.9 Å². The minimum absolute atomic E-state index is 0.141. The fraction of sp³-hybridized carbons (Fsp3) is 0.143. The minimum atomic E-state index is -0.463. The molecular formula is C21H17ClFN5OS. The number of carbonyl (C=O) groups is 1. The monoisotopic (exact) mass is 441 g/mol. The maximum absolute atomic E-state index is 13.2. The summed E-state index contributed by atoms with van der Waals surface area (Å²) in [5.74, 6) is 0.257. The highest BCUT2D eigenvalue weighted by molar-refractivity contribution is 7.98. The molecule has 0 aliphatic rings. The summed E-state index contributed by atoms with van der Waals surface area (Å²) in [6, 6.07) is 13.0. The summed E-state index contributed by atoms with van der Waals surface area (Å²) >= 11 is 7.44. The Morgan fingerprint density at radius 2 is 1.97 bits per heavy atom. The first kappa shape index (κ1) is 20.3. The molecule has 0 saturated heterocycles. The Hall–Kier alpha value is -2.97. The molecule has 6 nitrogen and oxygen atoms in total. The highest BCUT2D eigenvalue weighted by Crippen LogP contribution is 2.26. The van der Waals surface area contributed by atoms with E-state index in [-0.39, 0.29) is 10.9 Å². The predicted octanol–water partition coefficient (Wildman–Crippen LogP) is 5.08. The molecule has 30 heavy (non-hydrogen) atoms. The molecule has 0 aliphatic heterocycles. The maximum Gasteiger partial charge on any atom is 0.256 e. The molecule has 4 rings (SSSR count). The first-order valence-electron chi connectivity index (χ1n) is 9.09. The van der Waals surface area contributed by atoms with Crippen molar-refractivity contribution in [3.8, 4) is 0 Å². The summed E-state index contributed by atoms with van der Waals surface area (Å²) in [6.45, 7) is 3.86. The normalized spacial score (nSPS) is 11.1. The molecule has 0 unspecified atom stereocenters. The van der Waals surface area contributed by atoms with Gasteiger partial charge in [-0.1, -0.05) is 41.6 Å². The number of amides is 1. The molecule has 0 atom stereocenters. The van der Waals surface area contributed by atoms with E-state index >= 15 is 0 Å². The number of fused-ring (bicyclic) bond motifs is 1. The SMILES string of the molecule is Cc1cc(C)n2nc(SCc3ccccc3C(=O)Nc3ccc(F)cc3Cl)nc2n1. The molecule has 2 aromatic carbocycles. The lowest BCUT2D eigenvalue weighted by atomic mass is 10.1. The van der Waals surface area contributed by atoms with Crippen molar-refractivity contribution in [2.24, 2.45) is 0 Å². The third kappa shape index (κ3) is 4.29. The van der Waals surface area contributed by atoms with Gasteiger partial charge >= 0.3 is 0 Å². The fourth-order valence-corrected chi connectivity index (χ4v) is 4.04. The quantitative estimate of drug-likeness (QED) is 0.437. The minimum Gasteiger partial charge on any atom is -0.321 e. The first-order valence-corrected chi connectivity index (χ1v) is 10.4. The van der Waals surface area contributed by atoms with Crippen LogP contribution in [0.4, 0.5) is 10.1 Å². The second-order valence-corrected chi connectivity index (χ2v) is 8.02. The lowest BCUT2D eigenvalue weighted by molar-refractivity contribution is 0.102. The van der Waals surface area contributed by atoms with Gasteiger partial charge in [0.25, 0.3) is 11.7 Å². The number of hydrogen-bond donors (Lipinski definition) is 1. The van der Waals surface area contributed by atoms with Crippen LogP contribution in [0, 0.1) is 19.7 Å². The number of benzene rings is 2. The Bertz CT molecular complexity index is 1260. The second-order valence-electron chi connectivity index (χ2n) is 6.67. The third-order valence-corrected chi connectivity index (χ3v) is 5.60. The van der Waals surface area contributed by atoms with Gasteiger partial charge in [-0.15, -0.1) is 5.10 Å². The Morgan fingerprint density at radius 1 is 1.17 bits per heavy atom. The van der Waals surface area contributed by atoms with Gasteiger partial charge in [-0.05, 0) is 49.7 Å². The van der Waals surface area contributed by atoms with Crippen molar-refractivity contribution in [3.63, 3.8) is 0 Å². The molecule has 152 valence electrons. The molecule has 0 aliphatic carbocycles. The molecule has 0 spiro atoms. The van der Waals surface area contributed by atoms with Crippen LogP contribution in [0.25, 0.3) is 5.78 Å². The molecule has 0 radical (unpaired) electrons. The number of anilines is 1. The summed E-state index contributed by atoms with van der Waals surface area (Å²) in [5, 5.41) is 7.94. The molecule has 1 N–H and O–H groups in total. The van der Waals surface area contributed by atoms with Crippen LogP contribution in [0.2, 0.25) is 5.02 Å². The average Bonchev–Trinajstić information content (AvgIpc) is 3.12. The van der Waals surface area contributed by atoms with E-state index in [4.69, 9.17) is 11.6 Å². The number of halogens is 2. The van der Waals surface area contributed by atoms with Crippen molar-refractivity contribution in [3.05, 3.63) is 81.9 Å². The number of aryl methyl sites for hydroxylation is 2. The maximum atomic E-state index is 13.2. The van der Waals surface area contributed by atoms with E-state index in [1.54, 1.807) is 16.6 Å². The summed E-state index contributed by atoms with van der Waals surface area (Å²) in [7, 11) is 0. The first-order chi connectivity index (χ1) is 14.4. The van der Waals surface area contributed by atoms with E-state index in [9.17, 15) is 9.18 Å². The van der Waals surface area contributed by atoms with Gasteiger partial charge in [-0.3, -0.25) is 4.79 Å². The van der Waals surface area contributed by atoms with Gasteiger partial charge in [0, 0.05) is 22.7 Å². The Balaban J connectivity index is 1.53. The van der Waals surface area contributed by atoms with Gasteiger partial charge in [-0.25, -0.2) is 13.9 Å². The standard InChI is InChI=1S/C21H17ClFN5OS/c1-12-9-13(2)28-20(24-12)26-21(27-28)30-11-14-5-3-4-6-16(14)19(29)25-18-8-7-15(23)10-17(18)22/h3-10H,11H2,1-2H3,(H,25,29). The zero-order valence-corrected chi connectivity index (χ0v) is 17.8. The Morgan fingerprint density at radius 3 is 2.77 bits per heavy atom. The predicted molar refractivity (Wildman–Crippen MR) is 116 cm³/mol. The van der Waals surface area contributed by atoms with E-state index in [0.717, 1.165) is 23.0 Å². The van der Waals surface area contributed by atoms with E-state index < -0.39 is 5.82 Å². The van der Waals surface area contributed by atoms with Gasteiger partial charge in [-0.2, -0.15) is 4.98 Å². The molecule has 1 amide bonds. The van der Waals surface area contributed by atoms with E-state index in [1.165, 1.54) is 23.9 Å². The number of rotatable bonds is 5. The van der Waals surface area contributed by atoms with Gasteiger partial charge in [0.2, 0.25) is 5.16 Å². The van der Waals surface area contributed by atoms with Crippen molar-refractivity contribution >= 4 is 40.7 Å². The summed E-state index contributed by atoms with van der Waals surface area (Å²) < 4.78 is 14.9. The summed E-state index contributed by atoms with van der Waals surface area (Å²) in [6.07, 6.45) is 0. The topological polar surface area (TPSA) is 72.2 Å². The lowest BCUT2D eigenvalue weighted by Gasteiger charge is -2.10. The second kappa shape index (κ2) is 8.41. The van der Waals surface area contributed by atoms with Crippen LogP contribution in [0.5, 0.6) is 0 Å². The average molecular weight is 442 g/mol. The van der Waals surface area contributed by atoms with Crippen molar-refractivity contribution < 1.29 is 9.18 Å². The van der Waals surface area contributed by atoms with Gasteiger partial charge in [0.15, 0.2) is 0 Å². The van der Waals surface area contributed by atoms with Crippen molar-refractivity contribution in [1.82, 2.24) is 19.6 Å². The fourth-order valence-electron chi connectivity index (χ4n) is 3.00. The molecule has 0 saturated carbocycles. The zero-order valence-electron chi connectivity index (χ0n) is 16.2. The highest BCUT2D eigenvalue weighted by atomic mass is 35.5. The van der Waals surface area contributed by atoms with Crippen LogP contribution in [0.3, 0.4) is 0 Å². The molecule has 9 heteroatoms. The van der Waals surface area contributed by atoms with Gasteiger partial charge < -0.3 is 5.32 Å². The van der Waals surface area contributed by atoms with Crippen LogP contribution < -0.4 is 5.32 Å². The summed E-state index contributed by atoms with van der Waals surface area (Å²) in [5.41, 5.74) is 3.50. The van der Waals surface area contributed by atoms with Gasteiger partial charge in [0.1, 0.15) is 5.82 Å². The van der Waals surface area contributed by atoms with Crippen molar-refractivity contribution in [2.75, 3.05) is 5.32 Å². The number of hydrogen-bond acceptors (Lipinski definition) is 5. The number of aromatic nitrogens is 4. The molecule has 0 bridgehead atoms. The van der Waals surface area contributed by atoms with Crippen LogP contribution in [-0.2, 0) is 5.75 Å². The highest BCUT2D eigenvalue weighted by Gasteiger charge is 2.15. The number of thioether (sulfide) groups is 1. The van der Waals surface area contributed by atoms with Crippen molar-refractivity contribution in [1.29, 1.82) is 0 Å². The molecular weight excluding hydrogens is 425 g/mol. The van der Waals surface area contributed by atoms with Crippen LogP contribution in [-0.4, -0.2) is 25.5 Å². The van der Waals surface area contributed by atoms with Gasteiger partial charge in [0.05, 0.1) is 10.7 Å². The molecule has 4 aromatic rings. The zero-order chi connectivity index (χ0) is 21.3. The molecule has 2 heterocycles. The van der Waals surface area contributed by atoms with Crippen molar-refractivity contribution in [2.45, 2.75) is 24.8 Å². The van der Waals surface area contributed by atoms with E-state index in [2.05, 4.69) is 20.4 Å². The third-order valence-electron chi connectivity index (χ3n) is 4.40. The number of nitrogens with zero attached hydrogens (tertiary/aromatic N) is 4. The van der Waals surface area contributed by atoms with E-state index in [1.807, 2.05) is 32.0 Å². The number of nitrogens with one attached hydrogen (secondary N) is 1. The number of carbonyl (C=O) groups excluding carboxylic acids is 1. The van der Waals surface area contributed by atoms with Crippen LogP contribution in [0.15, 0.2) is 53.7 Å². The Kier molecular flexibility index (Phi) is 5.69. The van der Waals surface area contributed by atoms with Crippen LogP contribution in [0.1, 0.15) is 27.3 Å². The molecule has 2 aromatic heterocycles. The lowest BCUT2D eigenvalue weighted by Crippen LogP contribution is -2.14. The Labute approximate surface area is 181 Å².